The Morgan fingerprint density at radius 1 is 1.28 bits per heavy atom. The van der Waals surface area contributed by atoms with Gasteiger partial charge >= 0.3 is 0 Å². The second kappa shape index (κ2) is 5.30. The van der Waals surface area contributed by atoms with Crippen molar-refractivity contribution in [3.8, 4) is 0 Å². The van der Waals surface area contributed by atoms with Gasteiger partial charge in [-0.2, -0.15) is 0 Å². The van der Waals surface area contributed by atoms with Gasteiger partial charge in [-0.15, -0.1) is 0 Å². The number of carbonyl (C=O) groups is 1. The normalized spacial score (nSPS) is 35.1. The molecule has 2 unspecified atom stereocenters. The molecule has 1 N–H and O–H groups in total. The summed E-state index contributed by atoms with van der Waals surface area (Å²) < 4.78 is 6.01. The molecule has 3 fully saturated rings. The van der Waals surface area contributed by atoms with E-state index in [0.29, 0.717) is 11.7 Å². The van der Waals surface area contributed by atoms with Gasteiger partial charge in [0.25, 0.3) is 0 Å². The number of Topliss-reactive ketones (excluding diaryl/α,β-unsaturated/α-hetero) is 1. The van der Waals surface area contributed by atoms with E-state index in [-0.39, 0.29) is 11.5 Å². The Hall–Kier alpha value is -0.410. The van der Waals surface area contributed by atoms with Crippen LogP contribution < -0.4 is 5.32 Å². The Balaban J connectivity index is 1.56. The first-order valence-corrected chi connectivity index (χ1v) is 7.65. The molecule has 3 aliphatic rings. The lowest BCUT2D eigenvalue weighted by atomic mass is 9.80. The Morgan fingerprint density at radius 3 is 2.83 bits per heavy atom. The van der Waals surface area contributed by atoms with Crippen molar-refractivity contribution in [1.29, 1.82) is 0 Å². The third kappa shape index (κ3) is 2.62. The average molecular weight is 251 g/mol. The molecule has 2 heterocycles. The number of hydrogen-bond acceptors (Lipinski definition) is 3. The molecule has 0 amide bonds. The molecule has 0 aromatic carbocycles. The van der Waals surface area contributed by atoms with E-state index in [0.717, 1.165) is 39.0 Å². The van der Waals surface area contributed by atoms with Gasteiger partial charge in [-0.3, -0.25) is 4.79 Å². The number of carbonyl (C=O) groups excluding carboxylic acids is 1. The van der Waals surface area contributed by atoms with Crippen molar-refractivity contribution < 1.29 is 9.53 Å². The highest BCUT2D eigenvalue weighted by atomic mass is 16.5. The van der Waals surface area contributed by atoms with Crippen LogP contribution in [0.25, 0.3) is 0 Å². The molecule has 2 saturated heterocycles. The smallest absolute Gasteiger partial charge is 0.136 e. The molecule has 1 saturated carbocycles. The third-order valence-electron chi connectivity index (χ3n) is 5.12. The Kier molecular flexibility index (Phi) is 3.71. The number of rotatable bonds is 3. The summed E-state index contributed by atoms with van der Waals surface area (Å²) in [5.74, 6) is 1.40. The number of ketones is 1. The maximum Gasteiger partial charge on any atom is 0.136 e. The van der Waals surface area contributed by atoms with Crippen molar-refractivity contribution in [2.45, 2.75) is 57.0 Å². The summed E-state index contributed by atoms with van der Waals surface area (Å²) in [7, 11) is 0. The summed E-state index contributed by atoms with van der Waals surface area (Å²) in [6.07, 6.45) is 8.88. The first kappa shape index (κ1) is 12.6. The fourth-order valence-corrected chi connectivity index (χ4v) is 4.01. The molecular formula is C15H25NO2. The predicted molar refractivity (Wildman–Crippen MR) is 70.5 cm³/mol. The molecule has 0 radical (unpaired) electrons. The number of hydrogen-bond donors (Lipinski definition) is 1. The fourth-order valence-electron chi connectivity index (χ4n) is 4.01. The Labute approximate surface area is 110 Å². The lowest BCUT2D eigenvalue weighted by molar-refractivity contribution is -0.137. The number of ether oxygens (including phenoxy) is 1. The standard InChI is InChI=1S/C15H25NO2/c17-14(9-12-3-7-16-11-12)13-4-8-18-15(10-13)5-1-2-6-15/h12-13,16H,1-11H2. The zero-order chi connectivity index (χ0) is 12.4. The van der Waals surface area contributed by atoms with E-state index in [1.807, 2.05) is 0 Å². The third-order valence-corrected chi connectivity index (χ3v) is 5.12. The maximum absolute atomic E-state index is 12.4. The molecule has 3 nitrogen and oxygen atoms in total. The minimum atomic E-state index is 0.0898. The zero-order valence-electron chi connectivity index (χ0n) is 11.2. The van der Waals surface area contributed by atoms with Gasteiger partial charge in [0.15, 0.2) is 0 Å². The van der Waals surface area contributed by atoms with Gasteiger partial charge in [0.05, 0.1) is 5.60 Å². The van der Waals surface area contributed by atoms with Crippen molar-refractivity contribution in [2.75, 3.05) is 19.7 Å². The lowest BCUT2D eigenvalue weighted by Crippen LogP contribution is -2.40. The van der Waals surface area contributed by atoms with Gasteiger partial charge in [0.1, 0.15) is 5.78 Å². The highest BCUT2D eigenvalue weighted by Crippen LogP contribution is 2.42. The van der Waals surface area contributed by atoms with E-state index < -0.39 is 0 Å². The summed E-state index contributed by atoms with van der Waals surface area (Å²) in [4.78, 5) is 12.4. The van der Waals surface area contributed by atoms with Crippen LogP contribution in [0.2, 0.25) is 0 Å². The monoisotopic (exact) mass is 251 g/mol. The molecule has 0 aromatic heterocycles. The molecule has 18 heavy (non-hydrogen) atoms. The van der Waals surface area contributed by atoms with Crippen LogP contribution in [0.1, 0.15) is 51.4 Å². The molecular weight excluding hydrogens is 226 g/mol. The summed E-state index contributed by atoms with van der Waals surface area (Å²) in [5.41, 5.74) is 0.0898. The van der Waals surface area contributed by atoms with Crippen molar-refractivity contribution in [2.24, 2.45) is 11.8 Å². The predicted octanol–water partition coefficient (Wildman–Crippen LogP) is 2.29. The maximum atomic E-state index is 12.4. The molecule has 3 heteroatoms. The van der Waals surface area contributed by atoms with E-state index in [1.54, 1.807) is 0 Å². The molecule has 1 spiro atoms. The van der Waals surface area contributed by atoms with Crippen LogP contribution in [0, 0.1) is 11.8 Å². The SMILES string of the molecule is O=C(CC1CCNC1)C1CCOC2(CCCC2)C1. The van der Waals surface area contributed by atoms with Crippen LogP contribution in [0.3, 0.4) is 0 Å². The van der Waals surface area contributed by atoms with Crippen LogP contribution >= 0.6 is 0 Å². The Bertz CT molecular complexity index is 304. The molecule has 2 aliphatic heterocycles. The zero-order valence-corrected chi connectivity index (χ0v) is 11.2. The van der Waals surface area contributed by atoms with Crippen LogP contribution in [0.5, 0.6) is 0 Å². The van der Waals surface area contributed by atoms with Gasteiger partial charge in [-0.1, -0.05) is 12.8 Å². The summed E-state index contributed by atoms with van der Waals surface area (Å²) in [5, 5.41) is 3.35. The summed E-state index contributed by atoms with van der Waals surface area (Å²) >= 11 is 0. The van der Waals surface area contributed by atoms with Gasteiger partial charge in [0.2, 0.25) is 0 Å². The van der Waals surface area contributed by atoms with Gasteiger partial charge in [-0.25, -0.2) is 0 Å². The van der Waals surface area contributed by atoms with Crippen LogP contribution in [-0.4, -0.2) is 31.1 Å². The summed E-state index contributed by atoms with van der Waals surface area (Å²) in [6, 6.07) is 0. The number of nitrogens with one attached hydrogen (secondary N) is 1. The van der Waals surface area contributed by atoms with E-state index >= 15 is 0 Å². The first-order chi connectivity index (χ1) is 8.77. The topological polar surface area (TPSA) is 38.3 Å². The van der Waals surface area contributed by atoms with E-state index in [4.69, 9.17) is 4.74 Å². The van der Waals surface area contributed by atoms with E-state index in [1.165, 1.54) is 32.1 Å². The highest BCUT2D eigenvalue weighted by Gasteiger charge is 2.41. The van der Waals surface area contributed by atoms with E-state index in [2.05, 4.69) is 5.32 Å². The van der Waals surface area contributed by atoms with Crippen LogP contribution in [0.15, 0.2) is 0 Å². The van der Waals surface area contributed by atoms with Crippen molar-refractivity contribution in [3.63, 3.8) is 0 Å². The molecule has 0 bridgehead atoms. The largest absolute Gasteiger partial charge is 0.375 e. The lowest BCUT2D eigenvalue weighted by Gasteiger charge is -2.38. The average Bonchev–Trinajstić information content (AvgIpc) is 3.02. The second-order valence-corrected chi connectivity index (χ2v) is 6.46. The minimum Gasteiger partial charge on any atom is -0.375 e. The molecule has 102 valence electrons. The quantitative estimate of drug-likeness (QED) is 0.836. The summed E-state index contributed by atoms with van der Waals surface area (Å²) in [6.45, 7) is 2.94. The van der Waals surface area contributed by atoms with Gasteiger partial charge in [-0.05, 0) is 51.1 Å². The Morgan fingerprint density at radius 2 is 2.11 bits per heavy atom. The van der Waals surface area contributed by atoms with Crippen molar-refractivity contribution >= 4 is 5.78 Å². The molecule has 0 aromatic rings. The molecule has 2 atom stereocenters. The second-order valence-electron chi connectivity index (χ2n) is 6.46. The van der Waals surface area contributed by atoms with Crippen LogP contribution in [-0.2, 0) is 9.53 Å². The van der Waals surface area contributed by atoms with E-state index in [9.17, 15) is 4.79 Å². The van der Waals surface area contributed by atoms with Crippen molar-refractivity contribution in [3.05, 3.63) is 0 Å². The fraction of sp³-hybridized carbons (Fsp3) is 0.933. The molecule has 3 rings (SSSR count). The van der Waals surface area contributed by atoms with Crippen LogP contribution in [0.4, 0.5) is 0 Å². The van der Waals surface area contributed by atoms with Crippen molar-refractivity contribution in [1.82, 2.24) is 5.32 Å². The first-order valence-electron chi connectivity index (χ1n) is 7.65. The van der Waals surface area contributed by atoms with Gasteiger partial charge in [0, 0.05) is 18.9 Å². The minimum absolute atomic E-state index is 0.0898. The highest BCUT2D eigenvalue weighted by molar-refractivity contribution is 5.81. The molecule has 1 aliphatic carbocycles. The van der Waals surface area contributed by atoms with Gasteiger partial charge < -0.3 is 10.1 Å².